The minimum absolute atomic E-state index is 0. The van der Waals surface area contributed by atoms with E-state index in [-0.39, 0.29) is 36.6 Å². The number of nitrogens with one attached hydrogen (secondary N) is 3. The van der Waals surface area contributed by atoms with Crippen LogP contribution in [0.4, 0.5) is 5.69 Å². The zero-order valence-electron chi connectivity index (χ0n) is 15.5. The molecule has 8 heteroatoms. The van der Waals surface area contributed by atoms with E-state index in [0.717, 1.165) is 25.1 Å². The van der Waals surface area contributed by atoms with Crippen LogP contribution in [0.5, 0.6) is 0 Å². The SMILES string of the molecule is Cl.Cl.O=C(CCC1CCNC1)NCc1ccc(NC(=O)c2cccnc2)cc1. The van der Waals surface area contributed by atoms with Crippen molar-refractivity contribution < 1.29 is 9.59 Å². The molecule has 3 rings (SSSR count). The van der Waals surface area contributed by atoms with Crippen molar-refractivity contribution in [3.63, 3.8) is 0 Å². The lowest BCUT2D eigenvalue weighted by atomic mass is 10.0. The Morgan fingerprint density at radius 3 is 2.57 bits per heavy atom. The lowest BCUT2D eigenvalue weighted by molar-refractivity contribution is -0.121. The van der Waals surface area contributed by atoms with Crippen molar-refractivity contribution in [3.8, 4) is 0 Å². The second kappa shape index (κ2) is 12.3. The smallest absolute Gasteiger partial charge is 0.257 e. The van der Waals surface area contributed by atoms with Gasteiger partial charge in [0.2, 0.25) is 5.91 Å². The van der Waals surface area contributed by atoms with Gasteiger partial charge >= 0.3 is 0 Å². The molecule has 1 unspecified atom stereocenters. The number of halogens is 2. The number of carbonyl (C=O) groups is 2. The first-order valence-corrected chi connectivity index (χ1v) is 8.98. The number of hydrogen-bond acceptors (Lipinski definition) is 4. The molecule has 0 radical (unpaired) electrons. The number of hydrogen-bond donors (Lipinski definition) is 3. The molecular weight excluding hydrogens is 399 g/mol. The Labute approximate surface area is 177 Å². The van der Waals surface area contributed by atoms with Crippen molar-refractivity contribution in [3.05, 3.63) is 59.9 Å². The minimum Gasteiger partial charge on any atom is -0.352 e. The van der Waals surface area contributed by atoms with Gasteiger partial charge in [0.15, 0.2) is 0 Å². The fourth-order valence-corrected chi connectivity index (χ4v) is 2.99. The quantitative estimate of drug-likeness (QED) is 0.637. The molecule has 2 amide bonds. The van der Waals surface area contributed by atoms with E-state index in [1.807, 2.05) is 24.3 Å². The number of rotatable bonds is 7. The topological polar surface area (TPSA) is 83.1 Å². The Morgan fingerprint density at radius 1 is 1.14 bits per heavy atom. The van der Waals surface area contributed by atoms with Crippen molar-refractivity contribution in [2.24, 2.45) is 5.92 Å². The van der Waals surface area contributed by atoms with E-state index in [9.17, 15) is 9.59 Å². The van der Waals surface area contributed by atoms with Crippen molar-refractivity contribution >= 4 is 42.3 Å². The highest BCUT2D eigenvalue weighted by atomic mass is 35.5. The molecule has 2 heterocycles. The van der Waals surface area contributed by atoms with Gasteiger partial charge in [0.25, 0.3) is 5.91 Å². The summed E-state index contributed by atoms with van der Waals surface area (Å²) in [6, 6.07) is 10.9. The number of amides is 2. The molecule has 28 heavy (non-hydrogen) atoms. The lowest BCUT2D eigenvalue weighted by Gasteiger charge is -2.09. The van der Waals surface area contributed by atoms with Crippen LogP contribution in [0.25, 0.3) is 0 Å². The maximum atomic E-state index is 12.1. The maximum absolute atomic E-state index is 12.1. The lowest BCUT2D eigenvalue weighted by Crippen LogP contribution is -2.23. The first-order valence-electron chi connectivity index (χ1n) is 8.98. The van der Waals surface area contributed by atoms with E-state index in [2.05, 4.69) is 20.9 Å². The molecule has 6 nitrogen and oxygen atoms in total. The van der Waals surface area contributed by atoms with Crippen LogP contribution < -0.4 is 16.0 Å². The summed E-state index contributed by atoms with van der Waals surface area (Å²) >= 11 is 0. The average Bonchev–Trinajstić information content (AvgIpc) is 3.20. The van der Waals surface area contributed by atoms with E-state index in [4.69, 9.17) is 0 Å². The number of benzene rings is 1. The summed E-state index contributed by atoms with van der Waals surface area (Å²) in [6.45, 7) is 2.59. The molecule has 1 saturated heterocycles. The summed E-state index contributed by atoms with van der Waals surface area (Å²) in [5.41, 5.74) is 2.23. The third-order valence-corrected chi connectivity index (χ3v) is 4.57. The largest absolute Gasteiger partial charge is 0.352 e. The van der Waals surface area contributed by atoms with Crippen molar-refractivity contribution in [1.29, 1.82) is 0 Å². The fourth-order valence-electron chi connectivity index (χ4n) is 2.99. The van der Waals surface area contributed by atoms with Crippen LogP contribution >= 0.6 is 24.8 Å². The molecular formula is C20H26Cl2N4O2. The summed E-state index contributed by atoms with van der Waals surface area (Å²) in [4.78, 5) is 28.0. The highest BCUT2D eigenvalue weighted by Crippen LogP contribution is 2.14. The summed E-state index contributed by atoms with van der Waals surface area (Å²) in [5, 5.41) is 9.10. The summed E-state index contributed by atoms with van der Waals surface area (Å²) in [6.07, 6.45) is 5.84. The maximum Gasteiger partial charge on any atom is 0.257 e. The van der Waals surface area contributed by atoms with Crippen LogP contribution in [0.3, 0.4) is 0 Å². The Hall–Kier alpha value is -2.15. The van der Waals surface area contributed by atoms with Crippen LogP contribution in [-0.2, 0) is 11.3 Å². The van der Waals surface area contributed by atoms with Crippen molar-refractivity contribution in [1.82, 2.24) is 15.6 Å². The Morgan fingerprint density at radius 2 is 1.93 bits per heavy atom. The first-order chi connectivity index (χ1) is 12.7. The van der Waals surface area contributed by atoms with Gasteiger partial charge in [0.05, 0.1) is 5.56 Å². The van der Waals surface area contributed by atoms with Gasteiger partial charge in [0.1, 0.15) is 0 Å². The standard InChI is InChI=1S/C20H24N4O2.2ClH/c25-19(8-5-16-9-11-22-12-16)23-13-15-3-6-18(7-4-15)24-20(26)17-2-1-10-21-14-17;;/h1-4,6-7,10,14,16,22H,5,8-9,11-13H2,(H,23,25)(H,24,26);2*1H. The van der Waals surface area contributed by atoms with Crippen molar-refractivity contribution in [2.45, 2.75) is 25.8 Å². The molecule has 0 spiro atoms. The minimum atomic E-state index is -0.194. The van der Waals surface area contributed by atoms with E-state index in [0.29, 0.717) is 30.1 Å². The van der Waals surface area contributed by atoms with E-state index < -0.39 is 0 Å². The summed E-state index contributed by atoms with van der Waals surface area (Å²) in [5.74, 6) is 0.523. The molecule has 152 valence electrons. The number of anilines is 1. The van der Waals surface area contributed by atoms with Gasteiger partial charge < -0.3 is 16.0 Å². The summed E-state index contributed by atoms with van der Waals surface area (Å²) < 4.78 is 0. The zero-order chi connectivity index (χ0) is 18.2. The number of aromatic nitrogens is 1. The van der Waals surface area contributed by atoms with Gasteiger partial charge in [-0.25, -0.2) is 0 Å². The van der Waals surface area contributed by atoms with Crippen LogP contribution in [0, 0.1) is 5.92 Å². The molecule has 1 aromatic carbocycles. The molecule has 1 aliphatic rings. The molecule has 1 aromatic heterocycles. The van der Waals surface area contributed by atoms with Gasteiger partial charge in [-0.1, -0.05) is 12.1 Å². The monoisotopic (exact) mass is 424 g/mol. The predicted molar refractivity (Wildman–Crippen MR) is 115 cm³/mol. The highest BCUT2D eigenvalue weighted by Gasteiger charge is 2.15. The van der Waals surface area contributed by atoms with Gasteiger partial charge in [-0.05, 0) is 61.7 Å². The molecule has 2 aromatic rings. The Kier molecular flexibility index (Phi) is 10.5. The van der Waals surface area contributed by atoms with E-state index >= 15 is 0 Å². The van der Waals surface area contributed by atoms with Crippen LogP contribution in [0.2, 0.25) is 0 Å². The van der Waals surface area contributed by atoms with E-state index in [1.54, 1.807) is 18.3 Å². The molecule has 0 aliphatic carbocycles. The van der Waals surface area contributed by atoms with Gasteiger partial charge in [-0.2, -0.15) is 0 Å². The number of carbonyl (C=O) groups excluding carboxylic acids is 2. The molecule has 1 aliphatic heterocycles. The number of nitrogens with zero attached hydrogens (tertiary/aromatic N) is 1. The van der Waals surface area contributed by atoms with Crippen LogP contribution in [0.1, 0.15) is 35.2 Å². The second-order valence-electron chi connectivity index (χ2n) is 6.57. The molecule has 1 atom stereocenters. The van der Waals surface area contributed by atoms with Gasteiger partial charge in [-0.3, -0.25) is 14.6 Å². The third kappa shape index (κ3) is 7.46. The molecule has 3 N–H and O–H groups in total. The van der Waals surface area contributed by atoms with Gasteiger partial charge in [0, 0.05) is 31.0 Å². The first kappa shape index (κ1) is 23.9. The van der Waals surface area contributed by atoms with Crippen molar-refractivity contribution in [2.75, 3.05) is 18.4 Å². The van der Waals surface area contributed by atoms with E-state index in [1.165, 1.54) is 12.6 Å². The Bertz CT molecular complexity index is 736. The van der Waals surface area contributed by atoms with Crippen LogP contribution in [-0.4, -0.2) is 29.9 Å². The van der Waals surface area contributed by atoms with Crippen LogP contribution in [0.15, 0.2) is 48.8 Å². The van der Waals surface area contributed by atoms with Gasteiger partial charge in [-0.15, -0.1) is 24.8 Å². The predicted octanol–water partition coefficient (Wildman–Crippen LogP) is 3.18. The summed E-state index contributed by atoms with van der Waals surface area (Å²) in [7, 11) is 0. The molecule has 0 saturated carbocycles. The highest BCUT2D eigenvalue weighted by molar-refractivity contribution is 6.04. The third-order valence-electron chi connectivity index (χ3n) is 4.57. The zero-order valence-corrected chi connectivity index (χ0v) is 17.2. The average molecular weight is 425 g/mol. The molecule has 1 fully saturated rings. The normalized spacial score (nSPS) is 15.1. The Balaban J connectivity index is 0.00000196. The second-order valence-corrected chi connectivity index (χ2v) is 6.57. The molecule has 0 bridgehead atoms. The fraction of sp³-hybridized carbons (Fsp3) is 0.350. The number of pyridine rings is 1.